The van der Waals surface area contributed by atoms with Crippen molar-refractivity contribution < 1.29 is 49.0 Å². The van der Waals surface area contributed by atoms with E-state index >= 15 is 0 Å². The second-order valence-corrected chi connectivity index (χ2v) is 8.26. The van der Waals surface area contributed by atoms with Gasteiger partial charge in [0.1, 0.15) is 43.0 Å². The van der Waals surface area contributed by atoms with Gasteiger partial charge < -0.3 is 39.4 Å². The Morgan fingerprint density at radius 1 is 1.09 bits per heavy atom. The van der Waals surface area contributed by atoms with Crippen LogP contribution in [-0.2, 0) is 16.1 Å². The molecule has 6 atom stereocenters. The van der Waals surface area contributed by atoms with Gasteiger partial charge in [-0.3, -0.25) is 4.79 Å². The molecule has 0 aromatic heterocycles. The average molecular weight is 491 g/mol. The van der Waals surface area contributed by atoms with Crippen LogP contribution in [0.1, 0.15) is 46.5 Å². The Labute approximate surface area is 202 Å². The summed E-state index contributed by atoms with van der Waals surface area (Å²) < 4.78 is 21.8. The van der Waals surface area contributed by atoms with Crippen molar-refractivity contribution in [3.8, 4) is 11.5 Å². The Kier molecular flexibility index (Phi) is 9.19. The van der Waals surface area contributed by atoms with Crippen LogP contribution >= 0.6 is 0 Å². The largest absolute Gasteiger partial charge is 0.489 e. The number of hydrogen-bond acceptors (Lipinski definition) is 10. The van der Waals surface area contributed by atoms with Gasteiger partial charge in [-0.25, -0.2) is 4.79 Å². The van der Waals surface area contributed by atoms with Gasteiger partial charge in [-0.05, 0) is 49.2 Å². The van der Waals surface area contributed by atoms with Crippen molar-refractivity contribution in [2.75, 3.05) is 6.61 Å². The SMILES string of the molecule is CC[C@@H](O)COC(=O)c1ccc(COc2ccc(O[C@@H]3OC(C)[C@@H](O)[C@H](O)C3O)c(C=O)c2)cc1. The lowest BCUT2D eigenvalue weighted by Crippen LogP contribution is -2.58. The van der Waals surface area contributed by atoms with E-state index in [9.17, 15) is 30.0 Å². The van der Waals surface area contributed by atoms with Crippen LogP contribution in [0.25, 0.3) is 0 Å². The Balaban J connectivity index is 1.59. The topological polar surface area (TPSA) is 152 Å². The normalized spacial score (nSPS) is 24.9. The molecule has 0 saturated carbocycles. The molecule has 2 unspecified atom stereocenters. The van der Waals surface area contributed by atoms with Gasteiger partial charge in [0.25, 0.3) is 0 Å². The van der Waals surface area contributed by atoms with Gasteiger partial charge in [-0.15, -0.1) is 0 Å². The molecule has 0 amide bonds. The lowest BCUT2D eigenvalue weighted by atomic mass is 10.00. The maximum absolute atomic E-state index is 12.0. The van der Waals surface area contributed by atoms with Crippen LogP contribution in [0.2, 0.25) is 0 Å². The summed E-state index contributed by atoms with van der Waals surface area (Å²) >= 11 is 0. The zero-order chi connectivity index (χ0) is 25.5. The van der Waals surface area contributed by atoms with E-state index in [-0.39, 0.29) is 24.5 Å². The minimum Gasteiger partial charge on any atom is -0.489 e. The quantitative estimate of drug-likeness (QED) is 0.282. The number of hydrogen-bond donors (Lipinski definition) is 4. The number of ether oxygens (including phenoxy) is 4. The maximum Gasteiger partial charge on any atom is 0.338 e. The number of carbonyl (C=O) groups is 2. The van der Waals surface area contributed by atoms with Crippen LogP contribution in [0.3, 0.4) is 0 Å². The van der Waals surface area contributed by atoms with Crippen LogP contribution < -0.4 is 9.47 Å². The fraction of sp³-hybridized carbons (Fsp3) is 0.440. The van der Waals surface area contributed by atoms with Crippen LogP contribution in [0.5, 0.6) is 11.5 Å². The molecule has 0 bridgehead atoms. The Bertz CT molecular complexity index is 992. The summed E-state index contributed by atoms with van der Waals surface area (Å²) in [7, 11) is 0. The number of aliphatic hydroxyl groups excluding tert-OH is 4. The fourth-order valence-corrected chi connectivity index (χ4v) is 3.33. The predicted octanol–water partition coefficient (Wildman–Crippen LogP) is 1.21. The fourth-order valence-electron chi connectivity index (χ4n) is 3.33. The number of carbonyl (C=O) groups excluding carboxylic acids is 2. The van der Waals surface area contributed by atoms with Crippen LogP contribution in [-0.4, -0.2) is 76.1 Å². The smallest absolute Gasteiger partial charge is 0.338 e. The van der Waals surface area contributed by atoms with Crippen molar-refractivity contribution in [2.24, 2.45) is 0 Å². The molecule has 2 aromatic carbocycles. The monoisotopic (exact) mass is 490 g/mol. The molecule has 2 aromatic rings. The summed E-state index contributed by atoms with van der Waals surface area (Å²) in [6, 6.07) is 11.1. The number of aldehydes is 1. The van der Waals surface area contributed by atoms with E-state index in [1.165, 1.54) is 19.1 Å². The standard InChI is InChI=1S/C25H30O10/c1-3-18(27)13-33-24(31)16-6-4-15(5-7-16)12-32-19-8-9-20(17(10-19)11-26)35-25-23(30)22(29)21(28)14(2)34-25/h4-11,14,18,21-23,25,27-30H,3,12-13H2,1-2H3/t14?,18-,21-,22+,23?,25+/m1/s1. The number of benzene rings is 2. The second-order valence-electron chi connectivity index (χ2n) is 8.26. The summed E-state index contributed by atoms with van der Waals surface area (Å²) in [6.07, 6.45) is -5.92. The number of rotatable bonds is 10. The Morgan fingerprint density at radius 3 is 2.46 bits per heavy atom. The lowest BCUT2D eigenvalue weighted by molar-refractivity contribution is -0.268. The second kappa shape index (κ2) is 12.1. The summed E-state index contributed by atoms with van der Waals surface area (Å²) in [4.78, 5) is 23.6. The van der Waals surface area contributed by atoms with Crippen molar-refractivity contribution >= 4 is 12.3 Å². The van der Waals surface area contributed by atoms with E-state index in [1.807, 2.05) is 0 Å². The summed E-state index contributed by atoms with van der Waals surface area (Å²) in [5.41, 5.74) is 1.25. The Hall–Kier alpha value is -3.02. The van der Waals surface area contributed by atoms with Gasteiger partial charge >= 0.3 is 5.97 Å². The molecule has 0 spiro atoms. The molecule has 1 fully saturated rings. The highest BCUT2D eigenvalue weighted by atomic mass is 16.7. The molecular weight excluding hydrogens is 460 g/mol. The van der Waals surface area contributed by atoms with Crippen molar-refractivity contribution in [2.45, 2.75) is 63.7 Å². The van der Waals surface area contributed by atoms with Crippen molar-refractivity contribution in [1.29, 1.82) is 0 Å². The van der Waals surface area contributed by atoms with Gasteiger partial charge in [-0.2, -0.15) is 0 Å². The summed E-state index contributed by atoms with van der Waals surface area (Å²) in [5, 5.41) is 39.3. The van der Waals surface area contributed by atoms with Crippen LogP contribution in [0.4, 0.5) is 0 Å². The van der Waals surface area contributed by atoms with E-state index < -0.39 is 42.8 Å². The zero-order valence-corrected chi connectivity index (χ0v) is 19.4. The molecule has 1 saturated heterocycles. The van der Waals surface area contributed by atoms with E-state index in [1.54, 1.807) is 37.3 Å². The molecule has 1 aliphatic heterocycles. The molecule has 3 rings (SSSR count). The maximum atomic E-state index is 12.0. The molecule has 35 heavy (non-hydrogen) atoms. The highest BCUT2D eigenvalue weighted by Gasteiger charge is 2.43. The lowest BCUT2D eigenvalue weighted by Gasteiger charge is -2.39. The van der Waals surface area contributed by atoms with Gasteiger partial charge in [-0.1, -0.05) is 19.1 Å². The third-order valence-corrected chi connectivity index (χ3v) is 5.63. The van der Waals surface area contributed by atoms with Gasteiger partial charge in [0.15, 0.2) is 6.29 Å². The molecule has 10 heteroatoms. The Morgan fingerprint density at radius 2 is 1.80 bits per heavy atom. The molecule has 0 radical (unpaired) electrons. The van der Waals surface area contributed by atoms with Gasteiger partial charge in [0.05, 0.1) is 23.3 Å². The van der Waals surface area contributed by atoms with E-state index in [0.29, 0.717) is 24.0 Å². The molecule has 1 aliphatic rings. The van der Waals surface area contributed by atoms with E-state index in [4.69, 9.17) is 18.9 Å². The first-order chi connectivity index (χ1) is 16.7. The first-order valence-electron chi connectivity index (χ1n) is 11.3. The zero-order valence-electron chi connectivity index (χ0n) is 19.4. The van der Waals surface area contributed by atoms with Crippen molar-refractivity contribution in [3.63, 3.8) is 0 Å². The summed E-state index contributed by atoms with van der Waals surface area (Å²) in [6.45, 7) is 3.42. The van der Waals surface area contributed by atoms with Gasteiger partial charge in [0, 0.05) is 0 Å². The molecule has 10 nitrogen and oxygen atoms in total. The molecule has 190 valence electrons. The minimum atomic E-state index is -1.51. The molecular formula is C25H30O10. The minimum absolute atomic E-state index is 0.0631. The molecule has 1 heterocycles. The molecule has 4 N–H and O–H groups in total. The highest BCUT2D eigenvalue weighted by Crippen LogP contribution is 2.28. The van der Waals surface area contributed by atoms with Crippen molar-refractivity contribution in [1.82, 2.24) is 0 Å². The number of aliphatic hydroxyl groups is 4. The van der Waals surface area contributed by atoms with Crippen molar-refractivity contribution in [3.05, 3.63) is 59.2 Å². The molecule has 0 aliphatic carbocycles. The van der Waals surface area contributed by atoms with Gasteiger partial charge in [0.2, 0.25) is 6.29 Å². The van der Waals surface area contributed by atoms with E-state index in [0.717, 1.165) is 5.56 Å². The van der Waals surface area contributed by atoms with Crippen LogP contribution in [0, 0.1) is 0 Å². The third-order valence-electron chi connectivity index (χ3n) is 5.63. The third kappa shape index (κ3) is 6.77. The van der Waals surface area contributed by atoms with E-state index in [2.05, 4.69) is 0 Å². The number of esters is 1. The first kappa shape index (κ1) is 26.6. The highest BCUT2D eigenvalue weighted by molar-refractivity contribution is 5.89. The first-order valence-corrected chi connectivity index (χ1v) is 11.3. The predicted molar refractivity (Wildman–Crippen MR) is 122 cm³/mol. The average Bonchev–Trinajstić information content (AvgIpc) is 2.88. The summed E-state index contributed by atoms with van der Waals surface area (Å²) in [5.74, 6) is -0.0339. The van der Waals surface area contributed by atoms with Crippen LogP contribution in [0.15, 0.2) is 42.5 Å².